The molecule has 1 aliphatic rings. The van der Waals surface area contributed by atoms with E-state index in [-0.39, 0.29) is 11.8 Å². The summed E-state index contributed by atoms with van der Waals surface area (Å²) in [5.41, 5.74) is 1.81. The lowest BCUT2D eigenvalue weighted by atomic mass is 9.96. The minimum absolute atomic E-state index is 0.0270. The van der Waals surface area contributed by atoms with Crippen molar-refractivity contribution in [3.05, 3.63) is 72.9 Å². The number of likely N-dealkylation sites (tertiary alicyclic amines) is 1. The zero-order valence-electron chi connectivity index (χ0n) is 15.6. The molecule has 1 aromatic carbocycles. The largest absolute Gasteiger partial charge is 0.472 e. The topological polar surface area (TPSA) is 67.6 Å². The van der Waals surface area contributed by atoms with Crippen molar-refractivity contribution in [2.45, 2.75) is 19.4 Å². The number of carbonyl (C=O) groups is 1. The summed E-state index contributed by atoms with van der Waals surface area (Å²) in [6, 6.07) is 13.1. The van der Waals surface area contributed by atoms with Gasteiger partial charge in [0.25, 0.3) is 0 Å². The Balaban J connectivity index is 1.40. The highest BCUT2D eigenvalue weighted by atomic mass is 16.5. The highest BCUT2D eigenvalue weighted by molar-refractivity contribution is 5.94. The van der Waals surface area contributed by atoms with Gasteiger partial charge in [-0.15, -0.1) is 0 Å². The van der Waals surface area contributed by atoms with Crippen LogP contribution in [0.25, 0.3) is 0 Å². The molecule has 1 fully saturated rings. The Morgan fingerprint density at radius 3 is 3.00 bits per heavy atom. The third-order valence-corrected chi connectivity index (χ3v) is 4.87. The maximum Gasteiger partial charge on any atom is 0.228 e. The molecule has 3 heterocycles. The number of furan rings is 1. The number of carbonyl (C=O) groups excluding carboxylic acids is 1. The summed E-state index contributed by atoms with van der Waals surface area (Å²) >= 11 is 0. The third kappa shape index (κ3) is 4.58. The van der Waals surface area contributed by atoms with E-state index in [1.54, 1.807) is 24.9 Å². The van der Waals surface area contributed by atoms with Crippen LogP contribution >= 0.6 is 0 Å². The monoisotopic (exact) mass is 377 g/mol. The summed E-state index contributed by atoms with van der Waals surface area (Å²) in [6.07, 6.45) is 8.67. The molecule has 0 bridgehead atoms. The molecule has 0 saturated carbocycles. The molecule has 3 aromatic rings. The summed E-state index contributed by atoms with van der Waals surface area (Å²) < 4.78 is 11.0. The Kier molecular flexibility index (Phi) is 5.68. The summed E-state index contributed by atoms with van der Waals surface area (Å²) in [5.74, 6) is 1.22. The van der Waals surface area contributed by atoms with Gasteiger partial charge in [-0.25, -0.2) is 0 Å². The van der Waals surface area contributed by atoms with Gasteiger partial charge < -0.3 is 14.5 Å². The quantitative estimate of drug-likeness (QED) is 0.693. The molecular formula is C22H23N3O3. The molecular weight excluding hydrogens is 354 g/mol. The molecule has 1 unspecified atom stereocenters. The first-order chi connectivity index (χ1) is 13.8. The smallest absolute Gasteiger partial charge is 0.228 e. The van der Waals surface area contributed by atoms with Crippen LogP contribution in [-0.4, -0.2) is 28.9 Å². The Morgan fingerprint density at radius 2 is 2.18 bits per heavy atom. The first-order valence-corrected chi connectivity index (χ1v) is 9.49. The van der Waals surface area contributed by atoms with Gasteiger partial charge in [-0.2, -0.15) is 0 Å². The van der Waals surface area contributed by atoms with Crippen molar-refractivity contribution < 1.29 is 13.9 Å². The average Bonchev–Trinajstić information content (AvgIpc) is 3.23. The lowest BCUT2D eigenvalue weighted by Gasteiger charge is -2.31. The minimum Gasteiger partial charge on any atom is -0.472 e. The van der Waals surface area contributed by atoms with Crippen molar-refractivity contribution in [2.24, 2.45) is 5.92 Å². The molecule has 144 valence electrons. The first-order valence-electron chi connectivity index (χ1n) is 9.49. The molecule has 28 heavy (non-hydrogen) atoms. The van der Waals surface area contributed by atoms with Crippen LogP contribution in [0.2, 0.25) is 0 Å². The summed E-state index contributed by atoms with van der Waals surface area (Å²) in [5, 5.41) is 3.05. The molecule has 0 spiro atoms. The number of nitrogens with one attached hydrogen (secondary N) is 1. The molecule has 0 radical (unpaired) electrons. The molecule has 1 atom stereocenters. The van der Waals surface area contributed by atoms with Crippen LogP contribution < -0.4 is 10.1 Å². The standard InChI is InChI=1S/C22H23N3O3/c26-22(18-5-4-11-25(15-18)14-17-9-12-27-16-17)24-20-7-1-2-8-21(20)28-19-6-3-10-23-13-19/h1-3,6-10,12-13,16,18H,4-5,11,14-15H2,(H,24,26). The molecule has 6 nitrogen and oxygen atoms in total. The SMILES string of the molecule is O=C(Nc1ccccc1Oc1cccnc1)C1CCCN(Cc2ccoc2)C1. The van der Waals surface area contributed by atoms with Crippen LogP contribution in [0.4, 0.5) is 5.69 Å². The Hall–Kier alpha value is -3.12. The van der Waals surface area contributed by atoms with E-state index >= 15 is 0 Å². The maximum atomic E-state index is 12.9. The van der Waals surface area contributed by atoms with Crippen molar-refractivity contribution in [1.29, 1.82) is 0 Å². The van der Waals surface area contributed by atoms with Gasteiger partial charge in [0.05, 0.1) is 30.3 Å². The van der Waals surface area contributed by atoms with E-state index in [1.165, 1.54) is 0 Å². The van der Waals surface area contributed by atoms with E-state index in [1.807, 2.05) is 42.5 Å². The minimum atomic E-state index is -0.0490. The lowest BCUT2D eigenvalue weighted by molar-refractivity contribution is -0.121. The van der Waals surface area contributed by atoms with Gasteiger partial charge in [0.2, 0.25) is 5.91 Å². The fourth-order valence-electron chi connectivity index (χ4n) is 3.48. The lowest BCUT2D eigenvalue weighted by Crippen LogP contribution is -2.40. The van der Waals surface area contributed by atoms with Gasteiger partial charge >= 0.3 is 0 Å². The normalized spacial score (nSPS) is 17.2. The van der Waals surface area contributed by atoms with E-state index in [4.69, 9.17) is 9.15 Å². The van der Waals surface area contributed by atoms with Crippen LogP contribution in [0, 0.1) is 5.92 Å². The number of ether oxygens (including phenoxy) is 1. The van der Waals surface area contributed by atoms with Crippen LogP contribution in [0.3, 0.4) is 0 Å². The maximum absolute atomic E-state index is 12.9. The van der Waals surface area contributed by atoms with Crippen LogP contribution in [0.15, 0.2) is 71.8 Å². The van der Waals surface area contributed by atoms with Crippen molar-refractivity contribution in [1.82, 2.24) is 9.88 Å². The second-order valence-corrected chi connectivity index (χ2v) is 6.98. The zero-order valence-corrected chi connectivity index (χ0v) is 15.6. The van der Waals surface area contributed by atoms with Gasteiger partial charge in [0.1, 0.15) is 5.75 Å². The molecule has 2 aromatic heterocycles. The Bertz CT molecular complexity index is 896. The molecule has 6 heteroatoms. The van der Waals surface area contributed by atoms with E-state index in [0.29, 0.717) is 17.2 Å². The van der Waals surface area contributed by atoms with Crippen LogP contribution in [0.5, 0.6) is 11.5 Å². The second-order valence-electron chi connectivity index (χ2n) is 6.98. The molecule has 1 amide bonds. The summed E-state index contributed by atoms with van der Waals surface area (Å²) in [6.45, 7) is 2.54. The number of hydrogen-bond donors (Lipinski definition) is 1. The highest BCUT2D eigenvalue weighted by Gasteiger charge is 2.26. The molecule has 1 aliphatic heterocycles. The second kappa shape index (κ2) is 8.71. The predicted octanol–water partition coefficient (Wildman–Crippen LogP) is 4.32. The van der Waals surface area contributed by atoms with Crippen LogP contribution in [0.1, 0.15) is 18.4 Å². The molecule has 0 aliphatic carbocycles. The van der Waals surface area contributed by atoms with Crippen LogP contribution in [-0.2, 0) is 11.3 Å². The van der Waals surface area contributed by atoms with Gasteiger partial charge in [0, 0.05) is 24.8 Å². The molecule has 1 N–H and O–H groups in total. The number of aromatic nitrogens is 1. The zero-order chi connectivity index (χ0) is 19.2. The van der Waals surface area contributed by atoms with E-state index in [2.05, 4.69) is 15.2 Å². The van der Waals surface area contributed by atoms with E-state index < -0.39 is 0 Å². The number of nitrogens with zero attached hydrogens (tertiary/aromatic N) is 2. The van der Waals surface area contributed by atoms with Gasteiger partial charge in [0.15, 0.2) is 5.75 Å². The van der Waals surface area contributed by atoms with Crippen molar-refractivity contribution in [3.8, 4) is 11.5 Å². The summed E-state index contributed by atoms with van der Waals surface area (Å²) in [7, 11) is 0. The number of rotatable bonds is 6. The highest BCUT2D eigenvalue weighted by Crippen LogP contribution is 2.30. The van der Waals surface area contributed by atoms with Crippen molar-refractivity contribution >= 4 is 11.6 Å². The fraction of sp³-hybridized carbons (Fsp3) is 0.273. The summed E-state index contributed by atoms with van der Waals surface area (Å²) in [4.78, 5) is 19.3. The van der Waals surface area contributed by atoms with Gasteiger partial charge in [-0.05, 0) is 49.7 Å². The number of anilines is 1. The molecule has 1 saturated heterocycles. The van der Waals surface area contributed by atoms with Crippen molar-refractivity contribution in [3.63, 3.8) is 0 Å². The predicted molar refractivity (Wildman–Crippen MR) is 106 cm³/mol. The fourth-order valence-corrected chi connectivity index (χ4v) is 3.48. The third-order valence-electron chi connectivity index (χ3n) is 4.87. The number of para-hydroxylation sites is 2. The number of amides is 1. The van der Waals surface area contributed by atoms with E-state index in [0.717, 1.165) is 38.0 Å². The first kappa shape index (κ1) is 18.3. The molecule has 4 rings (SSSR count). The van der Waals surface area contributed by atoms with Gasteiger partial charge in [-0.1, -0.05) is 12.1 Å². The average molecular weight is 377 g/mol. The van der Waals surface area contributed by atoms with E-state index in [9.17, 15) is 4.79 Å². The number of pyridine rings is 1. The number of piperidine rings is 1. The number of hydrogen-bond acceptors (Lipinski definition) is 5. The Morgan fingerprint density at radius 1 is 1.25 bits per heavy atom. The Labute approximate surface area is 164 Å². The van der Waals surface area contributed by atoms with Crippen molar-refractivity contribution in [2.75, 3.05) is 18.4 Å². The van der Waals surface area contributed by atoms with Gasteiger partial charge in [-0.3, -0.25) is 14.7 Å². The number of benzene rings is 1.